The molecule has 37 heavy (non-hydrogen) atoms. The van der Waals surface area contributed by atoms with E-state index in [0.717, 1.165) is 38.4 Å². The number of carboxylic acids is 1. The molecule has 2 N–H and O–H groups in total. The monoisotopic (exact) mass is 534 g/mol. The molecule has 2 unspecified atom stereocenters. The van der Waals surface area contributed by atoms with Crippen LogP contribution in [0.5, 0.6) is 0 Å². The van der Waals surface area contributed by atoms with Gasteiger partial charge in [-0.25, -0.2) is 0 Å². The Hall–Kier alpha value is -3.40. The molecule has 198 valence electrons. The number of amides is 1. The molecule has 0 saturated heterocycles. The molecule has 1 aromatic carbocycles. The Morgan fingerprint density at radius 3 is 2.30 bits per heavy atom. The van der Waals surface area contributed by atoms with Crippen molar-refractivity contribution < 1.29 is 27.9 Å². The normalized spacial score (nSPS) is 13.4. The van der Waals surface area contributed by atoms with Crippen LogP contribution >= 0.6 is 11.3 Å². The number of aliphatic carboxylic acids is 1. The number of hydrogen-bond acceptors (Lipinski definition) is 4. The highest BCUT2D eigenvalue weighted by Crippen LogP contribution is 2.35. The van der Waals surface area contributed by atoms with Crippen LogP contribution in [0.1, 0.15) is 61.0 Å². The lowest BCUT2D eigenvalue weighted by Gasteiger charge is -2.24. The molecule has 0 aliphatic rings. The third-order valence-corrected chi connectivity index (χ3v) is 7.02. The van der Waals surface area contributed by atoms with Crippen molar-refractivity contribution in [3.63, 3.8) is 0 Å². The summed E-state index contributed by atoms with van der Waals surface area (Å²) in [5.41, 5.74) is 1.70. The first-order chi connectivity index (χ1) is 17.3. The van der Waals surface area contributed by atoms with E-state index in [1.165, 1.54) is 11.3 Å². The number of aryl methyl sites for hydroxylation is 2. The van der Waals surface area contributed by atoms with Crippen LogP contribution < -0.4 is 10.9 Å². The van der Waals surface area contributed by atoms with E-state index in [1.807, 2.05) is 52.0 Å². The maximum atomic E-state index is 13.4. The zero-order chi connectivity index (χ0) is 27.5. The van der Waals surface area contributed by atoms with Gasteiger partial charge in [-0.3, -0.25) is 14.4 Å². The predicted octanol–water partition coefficient (Wildman–Crippen LogP) is 6.13. The number of carbonyl (C=O) groups is 2. The molecule has 0 bridgehead atoms. The van der Waals surface area contributed by atoms with Crippen molar-refractivity contribution in [2.75, 3.05) is 0 Å². The molecular formula is C27H29F3N2O4S. The standard InChI is InChI=1S/C27H29F3N2O4S/c1-15(2)10-21(32-9-8-19(12-23(32)33)27(28,29)30)26(36)31-20(13-24(34)35)18-11-22(37-14-18)25-16(3)6-5-7-17(25)4/h5-9,11-12,14-15,20-21H,10,13H2,1-4H3,(H,31,36)(H,34,35). The third-order valence-electron chi connectivity index (χ3n) is 6.05. The Morgan fingerprint density at radius 2 is 1.76 bits per heavy atom. The maximum Gasteiger partial charge on any atom is 0.416 e. The van der Waals surface area contributed by atoms with Gasteiger partial charge in [-0.1, -0.05) is 32.0 Å². The fourth-order valence-corrected chi connectivity index (χ4v) is 5.42. The van der Waals surface area contributed by atoms with Crippen molar-refractivity contribution in [1.29, 1.82) is 0 Å². The van der Waals surface area contributed by atoms with E-state index in [1.54, 1.807) is 5.38 Å². The molecule has 0 radical (unpaired) electrons. The average molecular weight is 535 g/mol. The fraction of sp³-hybridized carbons (Fsp3) is 0.370. The number of alkyl halides is 3. The largest absolute Gasteiger partial charge is 0.481 e. The quantitative estimate of drug-likeness (QED) is 0.346. The van der Waals surface area contributed by atoms with Crippen molar-refractivity contribution in [2.24, 2.45) is 5.92 Å². The van der Waals surface area contributed by atoms with Crippen LogP contribution in [0, 0.1) is 19.8 Å². The molecule has 0 spiro atoms. The lowest BCUT2D eigenvalue weighted by molar-refractivity contribution is -0.138. The van der Waals surface area contributed by atoms with Gasteiger partial charge in [0.05, 0.1) is 18.0 Å². The Morgan fingerprint density at radius 1 is 1.11 bits per heavy atom. The van der Waals surface area contributed by atoms with Crippen LogP contribution in [0.4, 0.5) is 13.2 Å². The molecule has 6 nitrogen and oxygen atoms in total. The Balaban J connectivity index is 1.95. The third kappa shape index (κ3) is 6.88. The number of benzene rings is 1. The summed E-state index contributed by atoms with van der Waals surface area (Å²) in [6.45, 7) is 7.60. The van der Waals surface area contributed by atoms with Crippen molar-refractivity contribution >= 4 is 23.2 Å². The summed E-state index contributed by atoms with van der Waals surface area (Å²) in [5, 5.41) is 14.0. The summed E-state index contributed by atoms with van der Waals surface area (Å²) in [6, 6.07) is 6.98. The van der Waals surface area contributed by atoms with Gasteiger partial charge in [-0.05, 0) is 66.0 Å². The van der Waals surface area contributed by atoms with E-state index in [4.69, 9.17) is 0 Å². The van der Waals surface area contributed by atoms with Crippen molar-refractivity contribution in [2.45, 2.75) is 58.8 Å². The zero-order valence-electron chi connectivity index (χ0n) is 20.9. The van der Waals surface area contributed by atoms with Gasteiger partial charge in [0.25, 0.3) is 5.56 Å². The van der Waals surface area contributed by atoms with Crippen molar-refractivity contribution in [3.05, 3.63) is 80.6 Å². The highest BCUT2D eigenvalue weighted by Gasteiger charge is 2.33. The molecular weight excluding hydrogens is 505 g/mol. The summed E-state index contributed by atoms with van der Waals surface area (Å²) in [7, 11) is 0. The number of pyridine rings is 1. The minimum atomic E-state index is -4.69. The molecule has 3 rings (SSSR count). The number of halogens is 3. The number of hydrogen-bond donors (Lipinski definition) is 2. The molecule has 0 saturated carbocycles. The van der Waals surface area contributed by atoms with Gasteiger partial charge >= 0.3 is 12.1 Å². The minimum Gasteiger partial charge on any atom is -0.481 e. The molecule has 3 aromatic rings. The zero-order valence-corrected chi connectivity index (χ0v) is 21.7. The van der Waals surface area contributed by atoms with Gasteiger partial charge in [0.15, 0.2) is 0 Å². The van der Waals surface area contributed by atoms with Crippen LogP contribution in [0.25, 0.3) is 10.4 Å². The summed E-state index contributed by atoms with van der Waals surface area (Å²) < 4.78 is 40.1. The number of rotatable bonds is 9. The topological polar surface area (TPSA) is 88.4 Å². The molecule has 2 aromatic heterocycles. The van der Waals surface area contributed by atoms with Gasteiger partial charge in [0.2, 0.25) is 5.91 Å². The second-order valence-corrected chi connectivity index (χ2v) is 10.4. The number of carboxylic acid groups (broad SMARTS) is 1. The number of aromatic nitrogens is 1. The number of nitrogens with zero attached hydrogens (tertiary/aromatic N) is 1. The van der Waals surface area contributed by atoms with Crippen LogP contribution in [-0.4, -0.2) is 21.6 Å². The first-order valence-corrected chi connectivity index (χ1v) is 12.6. The van der Waals surface area contributed by atoms with Gasteiger partial charge in [-0.2, -0.15) is 13.2 Å². The maximum absolute atomic E-state index is 13.4. The summed E-state index contributed by atoms with van der Waals surface area (Å²) in [4.78, 5) is 38.5. The van der Waals surface area contributed by atoms with Crippen LogP contribution in [0.2, 0.25) is 0 Å². The van der Waals surface area contributed by atoms with Crippen LogP contribution in [0.3, 0.4) is 0 Å². The molecule has 10 heteroatoms. The Labute approximate surface area is 216 Å². The van der Waals surface area contributed by atoms with Gasteiger partial charge < -0.3 is 15.0 Å². The summed E-state index contributed by atoms with van der Waals surface area (Å²) in [6.07, 6.45) is -3.94. The summed E-state index contributed by atoms with van der Waals surface area (Å²) >= 11 is 1.43. The van der Waals surface area contributed by atoms with E-state index in [9.17, 15) is 32.7 Å². The first kappa shape index (κ1) is 28.2. The molecule has 0 aliphatic carbocycles. The van der Waals surface area contributed by atoms with Crippen LogP contribution in [-0.2, 0) is 15.8 Å². The minimum absolute atomic E-state index is 0.0698. The van der Waals surface area contributed by atoms with Crippen molar-refractivity contribution in [1.82, 2.24) is 9.88 Å². The highest BCUT2D eigenvalue weighted by molar-refractivity contribution is 7.13. The Bertz CT molecular complexity index is 1320. The lowest BCUT2D eigenvalue weighted by atomic mass is 9.99. The van der Waals surface area contributed by atoms with E-state index < -0.39 is 47.7 Å². The predicted molar refractivity (Wildman–Crippen MR) is 137 cm³/mol. The smallest absolute Gasteiger partial charge is 0.416 e. The van der Waals surface area contributed by atoms with E-state index >= 15 is 0 Å². The number of carbonyl (C=O) groups excluding carboxylic acids is 1. The molecule has 2 atom stereocenters. The molecule has 0 fully saturated rings. The molecule has 1 amide bonds. The number of nitrogens with one attached hydrogen (secondary N) is 1. The van der Waals surface area contributed by atoms with Gasteiger partial charge in [0, 0.05) is 17.1 Å². The lowest BCUT2D eigenvalue weighted by Crippen LogP contribution is -2.40. The van der Waals surface area contributed by atoms with Crippen molar-refractivity contribution in [3.8, 4) is 10.4 Å². The average Bonchev–Trinajstić information content (AvgIpc) is 3.25. The highest BCUT2D eigenvalue weighted by atomic mass is 32.1. The van der Waals surface area contributed by atoms with E-state index in [-0.39, 0.29) is 12.3 Å². The van der Waals surface area contributed by atoms with Crippen LogP contribution in [0.15, 0.2) is 52.8 Å². The van der Waals surface area contributed by atoms with E-state index in [0.29, 0.717) is 11.6 Å². The van der Waals surface area contributed by atoms with Gasteiger partial charge in [0.1, 0.15) is 6.04 Å². The SMILES string of the molecule is Cc1cccc(C)c1-c1cc(C(CC(=O)O)NC(=O)C(CC(C)C)n2ccc(C(F)(F)F)cc2=O)cs1. The second-order valence-electron chi connectivity index (χ2n) is 9.47. The second kappa shape index (κ2) is 11.3. The first-order valence-electron chi connectivity index (χ1n) is 11.7. The van der Waals surface area contributed by atoms with E-state index in [2.05, 4.69) is 5.32 Å². The molecule has 2 heterocycles. The number of thiophene rings is 1. The Kier molecular flexibility index (Phi) is 8.63. The van der Waals surface area contributed by atoms with Gasteiger partial charge in [-0.15, -0.1) is 11.3 Å². The fourth-order valence-electron chi connectivity index (χ4n) is 4.28. The molecule has 0 aliphatic heterocycles. The summed E-state index contributed by atoms with van der Waals surface area (Å²) in [5.74, 6) is -1.83.